The zero-order chi connectivity index (χ0) is 34.0. The number of nitrogens with zero attached hydrogens (tertiary/aromatic N) is 2. The summed E-state index contributed by atoms with van der Waals surface area (Å²) in [5, 5.41) is 2.99. The first-order chi connectivity index (χ1) is 22.5. The molecule has 0 aliphatic carbocycles. The number of carbonyl (C=O) groups is 2. The predicted molar refractivity (Wildman–Crippen MR) is 189 cm³/mol. The van der Waals surface area contributed by atoms with Crippen molar-refractivity contribution in [2.75, 3.05) is 23.7 Å². The number of carbonyl (C=O) groups excluding carboxylic acids is 2. The van der Waals surface area contributed by atoms with Crippen LogP contribution < -0.4 is 14.4 Å². The third-order valence-corrected chi connectivity index (χ3v) is 10.2. The molecule has 0 fully saturated rings. The highest BCUT2D eigenvalue weighted by Crippen LogP contribution is 2.33. The standard InChI is InChI=1S/C37H43N3O5S2/c1-6-45-35-19-13-12-18-33(35)40(47(43,44)32-22-20-31(46-5)21-23-32)26-36(41)39(25-30-17-11-10-14-28(30)4)34(37(42)38-27(2)3)24-29-15-8-7-9-16-29/h7-23,27,34H,6,24-26H2,1-5H3,(H,38,42)/t34-/m1/s1. The maximum atomic E-state index is 14.7. The smallest absolute Gasteiger partial charge is 0.264 e. The number of hydrogen-bond donors (Lipinski definition) is 1. The second kappa shape index (κ2) is 16.5. The first-order valence-corrected chi connectivity index (χ1v) is 18.3. The lowest BCUT2D eigenvalue weighted by Gasteiger charge is -2.34. The Morgan fingerprint density at radius 3 is 2.15 bits per heavy atom. The van der Waals surface area contributed by atoms with Crippen molar-refractivity contribution in [3.63, 3.8) is 0 Å². The molecule has 2 amide bonds. The monoisotopic (exact) mass is 673 g/mol. The number of rotatable bonds is 15. The molecule has 0 saturated heterocycles. The van der Waals surface area contributed by atoms with Gasteiger partial charge in [-0.3, -0.25) is 13.9 Å². The molecule has 248 valence electrons. The molecule has 8 nitrogen and oxygen atoms in total. The average Bonchev–Trinajstić information content (AvgIpc) is 3.06. The number of ether oxygens (including phenoxy) is 1. The maximum absolute atomic E-state index is 14.7. The van der Waals surface area contributed by atoms with Crippen molar-refractivity contribution in [2.24, 2.45) is 0 Å². The molecular formula is C37H43N3O5S2. The maximum Gasteiger partial charge on any atom is 0.264 e. The fraction of sp³-hybridized carbons (Fsp3) is 0.297. The molecule has 0 aliphatic heterocycles. The zero-order valence-corrected chi connectivity index (χ0v) is 29.2. The molecule has 10 heteroatoms. The lowest BCUT2D eigenvalue weighted by atomic mass is 10.0. The molecular weight excluding hydrogens is 631 g/mol. The number of hydrogen-bond acceptors (Lipinski definition) is 6. The van der Waals surface area contributed by atoms with E-state index in [0.29, 0.717) is 12.4 Å². The van der Waals surface area contributed by atoms with E-state index in [1.807, 2.05) is 88.5 Å². The van der Waals surface area contributed by atoms with Gasteiger partial charge in [-0.15, -0.1) is 11.8 Å². The lowest BCUT2D eigenvalue weighted by Crippen LogP contribution is -2.54. The van der Waals surface area contributed by atoms with E-state index in [9.17, 15) is 18.0 Å². The van der Waals surface area contributed by atoms with Crippen LogP contribution >= 0.6 is 11.8 Å². The number of benzene rings is 4. The summed E-state index contributed by atoms with van der Waals surface area (Å²) >= 11 is 1.50. The Kier molecular flexibility index (Phi) is 12.5. The highest BCUT2D eigenvalue weighted by molar-refractivity contribution is 7.98. The van der Waals surface area contributed by atoms with E-state index in [0.717, 1.165) is 25.9 Å². The van der Waals surface area contributed by atoms with Gasteiger partial charge in [-0.2, -0.15) is 0 Å². The van der Waals surface area contributed by atoms with E-state index in [1.165, 1.54) is 16.7 Å². The molecule has 47 heavy (non-hydrogen) atoms. The van der Waals surface area contributed by atoms with E-state index in [1.54, 1.807) is 48.5 Å². The summed E-state index contributed by atoms with van der Waals surface area (Å²) in [5.74, 6) is -0.512. The molecule has 4 rings (SSSR count). The number of sulfonamides is 1. The molecule has 1 N–H and O–H groups in total. The van der Waals surface area contributed by atoms with E-state index >= 15 is 0 Å². The SMILES string of the molecule is CCOc1ccccc1N(CC(=O)N(Cc1ccccc1C)[C@H](Cc1ccccc1)C(=O)NC(C)C)S(=O)(=O)c1ccc(SC)cc1. The summed E-state index contributed by atoms with van der Waals surface area (Å²) in [5.41, 5.74) is 2.92. The summed E-state index contributed by atoms with van der Waals surface area (Å²) in [6.45, 7) is 7.35. The van der Waals surface area contributed by atoms with Crippen LogP contribution in [0.5, 0.6) is 5.75 Å². The highest BCUT2D eigenvalue weighted by atomic mass is 32.2. The van der Waals surface area contributed by atoms with Crippen LogP contribution in [0.3, 0.4) is 0 Å². The molecule has 0 bridgehead atoms. The molecule has 0 aliphatic rings. The first kappa shape index (κ1) is 35.6. The van der Waals surface area contributed by atoms with E-state index < -0.39 is 28.5 Å². The van der Waals surface area contributed by atoms with Crippen molar-refractivity contribution in [2.45, 2.75) is 62.5 Å². The third-order valence-electron chi connectivity index (χ3n) is 7.66. The second-order valence-corrected chi connectivity index (χ2v) is 14.1. The lowest BCUT2D eigenvalue weighted by molar-refractivity contribution is -0.140. The van der Waals surface area contributed by atoms with Gasteiger partial charge in [0.2, 0.25) is 11.8 Å². The van der Waals surface area contributed by atoms with Crippen molar-refractivity contribution >= 4 is 39.3 Å². The molecule has 1 atom stereocenters. The predicted octanol–water partition coefficient (Wildman–Crippen LogP) is 6.48. The van der Waals surface area contributed by atoms with E-state index in [-0.39, 0.29) is 35.5 Å². The largest absolute Gasteiger partial charge is 0.492 e. The van der Waals surface area contributed by atoms with Crippen molar-refractivity contribution in [3.05, 3.63) is 120 Å². The number of anilines is 1. The van der Waals surface area contributed by atoms with Gasteiger partial charge in [-0.05, 0) is 87.0 Å². The van der Waals surface area contributed by atoms with Crippen LogP contribution in [0, 0.1) is 6.92 Å². The second-order valence-electron chi connectivity index (χ2n) is 11.4. The summed E-state index contributed by atoms with van der Waals surface area (Å²) in [6, 6.07) is 29.4. The minimum absolute atomic E-state index is 0.0400. The molecule has 0 unspecified atom stereocenters. The molecule has 0 radical (unpaired) electrons. The van der Waals surface area contributed by atoms with Crippen LogP contribution in [0.15, 0.2) is 113 Å². The Balaban J connectivity index is 1.85. The third kappa shape index (κ3) is 9.17. The Morgan fingerprint density at radius 2 is 1.51 bits per heavy atom. The quantitative estimate of drug-likeness (QED) is 0.145. The van der Waals surface area contributed by atoms with Crippen molar-refractivity contribution in [3.8, 4) is 5.75 Å². The van der Waals surface area contributed by atoms with Crippen molar-refractivity contribution in [1.29, 1.82) is 0 Å². The fourth-order valence-electron chi connectivity index (χ4n) is 5.23. The Morgan fingerprint density at radius 1 is 0.872 bits per heavy atom. The van der Waals surface area contributed by atoms with Crippen LogP contribution in [0.25, 0.3) is 0 Å². The van der Waals surface area contributed by atoms with Crippen LogP contribution in [-0.2, 0) is 32.6 Å². The van der Waals surface area contributed by atoms with Gasteiger partial charge in [-0.1, -0.05) is 66.7 Å². The van der Waals surface area contributed by atoms with Gasteiger partial charge in [0.15, 0.2) is 0 Å². The number of nitrogens with one attached hydrogen (secondary N) is 1. The van der Waals surface area contributed by atoms with Gasteiger partial charge in [0.25, 0.3) is 10.0 Å². The average molecular weight is 674 g/mol. The summed E-state index contributed by atoms with van der Waals surface area (Å²) < 4.78 is 35.8. The normalized spacial score (nSPS) is 12.0. The fourth-order valence-corrected chi connectivity index (χ4v) is 7.07. The first-order valence-electron chi connectivity index (χ1n) is 15.6. The number of amides is 2. The van der Waals surface area contributed by atoms with Crippen molar-refractivity contribution < 1.29 is 22.7 Å². The Bertz CT molecular complexity index is 1750. The van der Waals surface area contributed by atoms with Gasteiger partial charge in [0.05, 0.1) is 17.2 Å². The summed E-state index contributed by atoms with van der Waals surface area (Å²) in [6.07, 6.45) is 2.16. The van der Waals surface area contributed by atoms with Gasteiger partial charge in [-0.25, -0.2) is 8.42 Å². The zero-order valence-electron chi connectivity index (χ0n) is 27.6. The molecule has 0 saturated carbocycles. The van der Waals surface area contributed by atoms with Gasteiger partial charge in [0.1, 0.15) is 18.3 Å². The van der Waals surface area contributed by atoms with E-state index in [2.05, 4.69) is 5.32 Å². The van der Waals surface area contributed by atoms with Crippen LogP contribution in [0.2, 0.25) is 0 Å². The van der Waals surface area contributed by atoms with Crippen molar-refractivity contribution in [1.82, 2.24) is 10.2 Å². The van der Waals surface area contributed by atoms with Gasteiger partial charge >= 0.3 is 0 Å². The van der Waals surface area contributed by atoms with Crippen LogP contribution in [0.1, 0.15) is 37.5 Å². The minimum Gasteiger partial charge on any atom is -0.492 e. The van der Waals surface area contributed by atoms with Crippen LogP contribution in [-0.4, -0.2) is 56.6 Å². The highest BCUT2D eigenvalue weighted by Gasteiger charge is 2.36. The number of thioether (sulfide) groups is 1. The summed E-state index contributed by atoms with van der Waals surface area (Å²) in [7, 11) is -4.26. The summed E-state index contributed by atoms with van der Waals surface area (Å²) in [4.78, 5) is 31.1. The Labute approximate surface area is 283 Å². The number of para-hydroxylation sites is 2. The molecule has 0 heterocycles. The minimum atomic E-state index is -4.26. The molecule has 4 aromatic rings. The topological polar surface area (TPSA) is 96.0 Å². The van der Waals surface area contributed by atoms with Gasteiger partial charge in [0, 0.05) is 23.9 Å². The van der Waals surface area contributed by atoms with E-state index in [4.69, 9.17) is 4.74 Å². The van der Waals surface area contributed by atoms with Crippen LogP contribution in [0.4, 0.5) is 5.69 Å². The Hall–Kier alpha value is -4.28. The molecule has 4 aromatic carbocycles. The van der Waals surface area contributed by atoms with Gasteiger partial charge < -0.3 is 15.0 Å². The molecule has 0 aromatic heterocycles. The molecule has 0 spiro atoms. The number of aryl methyl sites for hydroxylation is 1.